The fourth-order valence-electron chi connectivity index (χ4n) is 2.32. The fraction of sp³-hybridized carbons (Fsp3) is 0.176. The number of thioether (sulfide) groups is 1. The Morgan fingerprint density at radius 2 is 2.19 bits per heavy atom. The van der Waals surface area contributed by atoms with E-state index in [2.05, 4.69) is 15.2 Å². The highest BCUT2D eigenvalue weighted by Crippen LogP contribution is 2.23. The molecule has 26 heavy (non-hydrogen) atoms. The summed E-state index contributed by atoms with van der Waals surface area (Å²) in [5.41, 5.74) is 1.99. The number of rotatable bonds is 5. The van der Waals surface area contributed by atoms with Crippen molar-refractivity contribution in [3.05, 3.63) is 70.0 Å². The molecule has 0 saturated carbocycles. The quantitative estimate of drug-likeness (QED) is 0.458. The zero-order valence-corrected chi connectivity index (χ0v) is 14.7. The molecule has 1 aromatic heterocycles. The third kappa shape index (κ3) is 4.12. The predicted octanol–water partition coefficient (Wildman–Crippen LogP) is 2.85. The van der Waals surface area contributed by atoms with Crippen LogP contribution in [0.15, 0.2) is 58.9 Å². The highest BCUT2D eigenvalue weighted by molar-refractivity contribution is 8.15. The van der Waals surface area contributed by atoms with Crippen molar-refractivity contribution in [1.29, 1.82) is 0 Å². The summed E-state index contributed by atoms with van der Waals surface area (Å²) < 4.78 is 0. The van der Waals surface area contributed by atoms with Crippen molar-refractivity contribution in [2.75, 3.05) is 5.75 Å². The maximum Gasteiger partial charge on any atom is 0.269 e. The highest BCUT2D eigenvalue weighted by atomic mass is 32.2. The highest BCUT2D eigenvalue weighted by Gasteiger charge is 2.28. The number of amidine groups is 1. The van der Waals surface area contributed by atoms with Crippen molar-refractivity contribution >= 4 is 34.2 Å². The van der Waals surface area contributed by atoms with Crippen LogP contribution < -0.4 is 0 Å². The van der Waals surface area contributed by atoms with E-state index in [1.807, 2.05) is 18.2 Å². The number of carbonyl (C=O) groups excluding carboxylic acids is 1. The number of nitrogens with zero attached hydrogens (tertiary/aromatic N) is 5. The second-order valence-corrected chi connectivity index (χ2v) is 6.42. The molecule has 1 saturated heterocycles. The van der Waals surface area contributed by atoms with Gasteiger partial charge >= 0.3 is 0 Å². The number of aromatic nitrogens is 1. The average Bonchev–Trinajstić information content (AvgIpc) is 3.00. The third-order valence-electron chi connectivity index (χ3n) is 3.64. The van der Waals surface area contributed by atoms with E-state index < -0.39 is 4.92 Å². The lowest BCUT2D eigenvalue weighted by Gasteiger charge is -2.15. The van der Waals surface area contributed by atoms with Gasteiger partial charge in [0.05, 0.1) is 28.6 Å². The van der Waals surface area contributed by atoms with E-state index in [1.54, 1.807) is 25.3 Å². The van der Waals surface area contributed by atoms with Crippen molar-refractivity contribution in [2.45, 2.75) is 13.5 Å². The van der Waals surface area contributed by atoms with E-state index in [0.29, 0.717) is 22.1 Å². The van der Waals surface area contributed by atoms with Crippen molar-refractivity contribution in [1.82, 2.24) is 9.88 Å². The van der Waals surface area contributed by atoms with Crippen LogP contribution in [-0.2, 0) is 11.3 Å². The molecule has 0 aliphatic carbocycles. The topological polar surface area (TPSA) is 101 Å². The summed E-state index contributed by atoms with van der Waals surface area (Å²) in [6, 6.07) is 11.7. The number of pyridine rings is 1. The molecule has 0 radical (unpaired) electrons. The molecule has 1 amide bonds. The molecule has 2 aromatic rings. The Labute approximate surface area is 153 Å². The number of non-ortho nitro benzene ring substituents is 1. The minimum atomic E-state index is -0.459. The molecule has 1 aliphatic heterocycles. The van der Waals surface area contributed by atoms with Crippen LogP contribution in [0.1, 0.15) is 18.2 Å². The Hall–Kier alpha value is -3.07. The first-order valence-electron chi connectivity index (χ1n) is 7.75. The van der Waals surface area contributed by atoms with Crippen LogP contribution in [0.5, 0.6) is 0 Å². The van der Waals surface area contributed by atoms with Crippen LogP contribution in [0.25, 0.3) is 0 Å². The Morgan fingerprint density at radius 3 is 2.92 bits per heavy atom. The summed E-state index contributed by atoms with van der Waals surface area (Å²) in [5, 5.41) is 19.7. The number of carbonyl (C=O) groups is 1. The van der Waals surface area contributed by atoms with Crippen LogP contribution >= 0.6 is 11.8 Å². The van der Waals surface area contributed by atoms with Crippen molar-refractivity contribution in [2.24, 2.45) is 10.2 Å². The molecule has 1 aromatic carbocycles. The molecule has 0 bridgehead atoms. The summed E-state index contributed by atoms with van der Waals surface area (Å²) in [6.45, 7) is 2.00. The maximum atomic E-state index is 12.2. The van der Waals surface area contributed by atoms with Gasteiger partial charge in [-0.05, 0) is 24.6 Å². The van der Waals surface area contributed by atoms with Gasteiger partial charge in [-0.3, -0.25) is 24.8 Å². The molecule has 2 heterocycles. The molecule has 0 unspecified atom stereocenters. The molecule has 132 valence electrons. The van der Waals surface area contributed by atoms with E-state index >= 15 is 0 Å². The molecule has 0 spiro atoms. The summed E-state index contributed by atoms with van der Waals surface area (Å²) in [7, 11) is 0. The molecule has 3 rings (SSSR count). The van der Waals surface area contributed by atoms with Crippen LogP contribution in [0, 0.1) is 10.1 Å². The van der Waals surface area contributed by atoms with Crippen molar-refractivity contribution in [3.8, 4) is 0 Å². The smallest absolute Gasteiger partial charge is 0.269 e. The lowest BCUT2D eigenvalue weighted by atomic mass is 10.2. The van der Waals surface area contributed by atoms with E-state index in [4.69, 9.17) is 0 Å². The summed E-state index contributed by atoms with van der Waals surface area (Å²) in [4.78, 5) is 28.3. The molecule has 1 aliphatic rings. The Balaban J connectivity index is 1.81. The summed E-state index contributed by atoms with van der Waals surface area (Å²) in [6.07, 6.45) is 1.67. The number of hydrogen-bond acceptors (Lipinski definition) is 7. The molecule has 1 fully saturated rings. The van der Waals surface area contributed by atoms with Gasteiger partial charge in [-0.15, -0.1) is 5.10 Å². The van der Waals surface area contributed by atoms with Gasteiger partial charge in [0.2, 0.25) is 5.91 Å². The SMILES string of the molecule is C/C(=N\N=C1/SCC(=O)N1Cc1cccc([N+](=O)[O-])c1)c1ccccn1. The van der Waals surface area contributed by atoms with E-state index in [1.165, 1.54) is 28.8 Å². The van der Waals surface area contributed by atoms with Gasteiger partial charge in [-0.25, -0.2) is 0 Å². The van der Waals surface area contributed by atoms with Crippen LogP contribution in [0.3, 0.4) is 0 Å². The first-order valence-corrected chi connectivity index (χ1v) is 8.73. The standard InChI is InChI=1S/C17H15N5O3S/c1-12(15-7-2-3-8-18-15)19-20-17-21(16(23)11-26-17)10-13-5-4-6-14(9-13)22(24)25/h2-9H,10-11H2,1H3/b19-12+,20-17-. The number of amides is 1. The summed E-state index contributed by atoms with van der Waals surface area (Å²) >= 11 is 1.29. The van der Waals surface area contributed by atoms with Gasteiger partial charge in [0.25, 0.3) is 5.69 Å². The zero-order chi connectivity index (χ0) is 18.5. The Bertz CT molecular complexity index is 898. The van der Waals surface area contributed by atoms with Gasteiger partial charge in [0.1, 0.15) is 0 Å². The van der Waals surface area contributed by atoms with Gasteiger partial charge in [-0.2, -0.15) is 5.10 Å². The molecular formula is C17H15N5O3S. The largest absolute Gasteiger partial charge is 0.285 e. The molecular weight excluding hydrogens is 354 g/mol. The fourth-order valence-corrected chi connectivity index (χ4v) is 3.15. The number of nitro groups is 1. The number of benzene rings is 1. The summed E-state index contributed by atoms with van der Waals surface area (Å²) in [5.74, 6) is 0.164. The van der Waals surface area contributed by atoms with Crippen LogP contribution in [-0.4, -0.2) is 37.3 Å². The van der Waals surface area contributed by atoms with E-state index in [0.717, 1.165) is 0 Å². The van der Waals surface area contributed by atoms with Crippen molar-refractivity contribution < 1.29 is 9.72 Å². The predicted molar refractivity (Wildman–Crippen MR) is 100.0 cm³/mol. The number of nitro benzene ring substituents is 1. The maximum absolute atomic E-state index is 12.2. The lowest BCUT2D eigenvalue weighted by Crippen LogP contribution is -2.28. The number of hydrogen-bond donors (Lipinski definition) is 0. The van der Waals surface area contributed by atoms with E-state index in [9.17, 15) is 14.9 Å². The monoisotopic (exact) mass is 369 g/mol. The van der Waals surface area contributed by atoms with Crippen molar-refractivity contribution in [3.63, 3.8) is 0 Å². The van der Waals surface area contributed by atoms with Crippen LogP contribution in [0.2, 0.25) is 0 Å². The first-order chi connectivity index (χ1) is 12.5. The molecule has 8 nitrogen and oxygen atoms in total. The van der Waals surface area contributed by atoms with Gasteiger partial charge in [0, 0.05) is 18.3 Å². The minimum Gasteiger partial charge on any atom is -0.285 e. The lowest BCUT2D eigenvalue weighted by molar-refractivity contribution is -0.384. The molecule has 9 heteroatoms. The minimum absolute atomic E-state index is 0.00990. The normalized spacial score (nSPS) is 16.3. The van der Waals surface area contributed by atoms with Crippen LogP contribution in [0.4, 0.5) is 5.69 Å². The third-order valence-corrected chi connectivity index (χ3v) is 4.59. The first kappa shape index (κ1) is 17.7. The van der Waals surface area contributed by atoms with Gasteiger partial charge < -0.3 is 0 Å². The van der Waals surface area contributed by atoms with Gasteiger partial charge in [-0.1, -0.05) is 30.0 Å². The second kappa shape index (κ2) is 7.87. The zero-order valence-electron chi connectivity index (χ0n) is 13.9. The van der Waals surface area contributed by atoms with E-state index in [-0.39, 0.29) is 23.9 Å². The molecule has 0 atom stereocenters. The molecule has 0 N–H and O–H groups in total. The Morgan fingerprint density at radius 1 is 1.35 bits per heavy atom. The van der Waals surface area contributed by atoms with Gasteiger partial charge in [0.15, 0.2) is 5.17 Å². The Kier molecular flexibility index (Phi) is 5.37. The average molecular weight is 369 g/mol. The second-order valence-electron chi connectivity index (χ2n) is 5.48.